The van der Waals surface area contributed by atoms with Crippen molar-refractivity contribution in [2.45, 2.75) is 18.2 Å². The fraction of sp³-hybridized carbons (Fsp3) is 0.238. The summed E-state index contributed by atoms with van der Waals surface area (Å²) < 4.78 is 44.3. The molecule has 4 N–H and O–H groups in total. The topological polar surface area (TPSA) is 160 Å². The van der Waals surface area contributed by atoms with Gasteiger partial charge in [0.15, 0.2) is 6.61 Å². The van der Waals surface area contributed by atoms with Gasteiger partial charge in [-0.15, -0.1) is 0 Å². The van der Waals surface area contributed by atoms with E-state index in [9.17, 15) is 32.0 Å². The number of carbonyl (C=O) groups excluding carboxylic acids is 4. The maximum Gasteiger partial charge on any atom is 0.307 e. The van der Waals surface area contributed by atoms with Crippen molar-refractivity contribution < 1.29 is 36.7 Å². The summed E-state index contributed by atoms with van der Waals surface area (Å²) >= 11 is 0. The maximum atomic E-state index is 12.8. The summed E-state index contributed by atoms with van der Waals surface area (Å²) in [6.07, 6.45) is -0.332. The highest BCUT2D eigenvalue weighted by Gasteiger charge is 2.15. The Morgan fingerprint density at radius 2 is 1.47 bits per heavy atom. The molecule has 0 aliphatic rings. The second-order valence-corrected chi connectivity index (χ2v) is 8.61. The van der Waals surface area contributed by atoms with Crippen LogP contribution >= 0.6 is 0 Å². The van der Waals surface area contributed by atoms with Gasteiger partial charge in [-0.25, -0.2) is 17.5 Å². The van der Waals surface area contributed by atoms with Gasteiger partial charge in [-0.3, -0.25) is 19.2 Å². The van der Waals surface area contributed by atoms with Crippen LogP contribution in [0, 0.1) is 5.82 Å². The van der Waals surface area contributed by atoms with Gasteiger partial charge < -0.3 is 20.7 Å². The smallest absolute Gasteiger partial charge is 0.307 e. The average Bonchev–Trinajstić information content (AvgIpc) is 2.77. The number of esters is 1. The Hall–Kier alpha value is -3.84. The summed E-state index contributed by atoms with van der Waals surface area (Å²) in [4.78, 5) is 46.1. The van der Waals surface area contributed by atoms with E-state index in [1.807, 2.05) is 0 Å². The highest BCUT2D eigenvalue weighted by Crippen LogP contribution is 2.14. The van der Waals surface area contributed by atoms with Gasteiger partial charge in [-0.2, -0.15) is 0 Å². The molecular formula is C21H23FN4O7S. The third-order valence-electron chi connectivity index (χ3n) is 4.04. The number of nitrogens with one attached hydrogen (secondary N) is 4. The molecule has 0 aliphatic heterocycles. The molecule has 2 aromatic carbocycles. The molecule has 13 heteroatoms. The molecule has 0 unspecified atom stereocenters. The number of rotatable bonds is 11. The predicted octanol–water partition coefficient (Wildman–Crippen LogP) is 0.751. The van der Waals surface area contributed by atoms with Crippen LogP contribution in [0.2, 0.25) is 0 Å². The van der Waals surface area contributed by atoms with Gasteiger partial charge in [0.05, 0.1) is 17.9 Å². The van der Waals surface area contributed by atoms with E-state index in [2.05, 4.69) is 20.7 Å². The Balaban J connectivity index is 1.66. The molecule has 0 atom stereocenters. The lowest BCUT2D eigenvalue weighted by atomic mass is 10.3. The van der Waals surface area contributed by atoms with Crippen molar-refractivity contribution in [3.8, 4) is 0 Å². The number of hydrogen-bond donors (Lipinski definition) is 4. The van der Waals surface area contributed by atoms with Crippen molar-refractivity contribution >= 4 is 45.1 Å². The standard InChI is InChI=1S/C21H23FN4O7S/c1-14(27)25-16-6-8-18(9-7-16)34(31,32)24-11-10-21(30)33-13-20(29)23-12-19(28)26-17-4-2-15(22)3-5-17/h2-9,24H,10-13H2,1H3,(H,23,29)(H,25,27)(H,26,28). The van der Waals surface area contributed by atoms with Crippen molar-refractivity contribution in [3.63, 3.8) is 0 Å². The lowest BCUT2D eigenvalue weighted by Gasteiger charge is -2.09. The third-order valence-corrected chi connectivity index (χ3v) is 5.52. The molecule has 182 valence electrons. The molecule has 11 nitrogen and oxygen atoms in total. The Kier molecular flexibility index (Phi) is 9.64. The van der Waals surface area contributed by atoms with Gasteiger partial charge in [0, 0.05) is 24.8 Å². The van der Waals surface area contributed by atoms with Crippen LogP contribution in [-0.2, 0) is 33.9 Å². The summed E-state index contributed by atoms with van der Waals surface area (Å²) in [6, 6.07) is 10.5. The number of hydrogen-bond acceptors (Lipinski definition) is 7. The molecule has 0 bridgehead atoms. The summed E-state index contributed by atoms with van der Waals surface area (Å²) in [7, 11) is -3.89. The number of amides is 3. The van der Waals surface area contributed by atoms with Crippen LogP contribution in [0.15, 0.2) is 53.4 Å². The number of ether oxygens (including phenoxy) is 1. The fourth-order valence-corrected chi connectivity index (χ4v) is 3.51. The number of carbonyl (C=O) groups is 4. The zero-order valence-electron chi connectivity index (χ0n) is 18.1. The second kappa shape index (κ2) is 12.4. The van der Waals surface area contributed by atoms with Crippen LogP contribution in [0.1, 0.15) is 13.3 Å². The molecule has 3 amide bonds. The first kappa shape index (κ1) is 26.4. The van der Waals surface area contributed by atoms with E-state index < -0.39 is 46.8 Å². The Morgan fingerprint density at radius 3 is 2.09 bits per heavy atom. The van der Waals surface area contributed by atoms with E-state index in [0.29, 0.717) is 11.4 Å². The molecule has 2 rings (SSSR count). The Bertz CT molecular complexity index is 1140. The summed E-state index contributed by atoms with van der Waals surface area (Å²) in [6.45, 7) is 0.00640. The van der Waals surface area contributed by atoms with E-state index in [1.54, 1.807) is 0 Å². The first-order chi connectivity index (χ1) is 16.0. The van der Waals surface area contributed by atoms with Gasteiger partial charge in [0.1, 0.15) is 5.82 Å². The quantitative estimate of drug-likeness (QED) is 0.335. The lowest BCUT2D eigenvalue weighted by molar-refractivity contribution is -0.148. The highest BCUT2D eigenvalue weighted by molar-refractivity contribution is 7.89. The molecule has 0 aromatic heterocycles. The second-order valence-electron chi connectivity index (χ2n) is 6.85. The van der Waals surface area contributed by atoms with Gasteiger partial charge in [-0.05, 0) is 48.5 Å². The first-order valence-electron chi connectivity index (χ1n) is 9.90. The van der Waals surface area contributed by atoms with Crippen LogP contribution in [-0.4, -0.2) is 51.8 Å². The van der Waals surface area contributed by atoms with Gasteiger partial charge in [0.2, 0.25) is 21.8 Å². The third kappa shape index (κ3) is 9.34. The van der Waals surface area contributed by atoms with Crippen molar-refractivity contribution in [1.29, 1.82) is 0 Å². The minimum absolute atomic E-state index is 0.0618. The molecule has 0 saturated carbocycles. The molecule has 2 aromatic rings. The van der Waals surface area contributed by atoms with Crippen LogP contribution in [0.3, 0.4) is 0 Å². The fourth-order valence-electron chi connectivity index (χ4n) is 2.48. The van der Waals surface area contributed by atoms with Crippen molar-refractivity contribution in [1.82, 2.24) is 10.0 Å². The highest BCUT2D eigenvalue weighted by atomic mass is 32.2. The zero-order chi connectivity index (χ0) is 25.1. The molecule has 0 radical (unpaired) electrons. The summed E-state index contributed by atoms with van der Waals surface area (Å²) in [5.41, 5.74) is 0.777. The van der Waals surface area contributed by atoms with Crippen molar-refractivity contribution in [2.75, 3.05) is 30.3 Å². The van der Waals surface area contributed by atoms with Crippen LogP contribution < -0.4 is 20.7 Å². The minimum Gasteiger partial charge on any atom is -0.456 e. The van der Waals surface area contributed by atoms with E-state index in [1.165, 1.54) is 43.3 Å². The van der Waals surface area contributed by atoms with Crippen molar-refractivity contribution in [3.05, 3.63) is 54.3 Å². The average molecular weight is 495 g/mol. The van der Waals surface area contributed by atoms with E-state index in [0.717, 1.165) is 12.1 Å². The van der Waals surface area contributed by atoms with Crippen LogP contribution in [0.4, 0.5) is 15.8 Å². The molecule has 0 heterocycles. The summed E-state index contributed by atoms with van der Waals surface area (Å²) in [5.74, 6) is -2.88. The van der Waals surface area contributed by atoms with Crippen LogP contribution in [0.25, 0.3) is 0 Å². The number of anilines is 2. The van der Waals surface area contributed by atoms with E-state index in [4.69, 9.17) is 4.74 Å². The Morgan fingerprint density at radius 1 is 0.882 bits per heavy atom. The molecule has 0 spiro atoms. The minimum atomic E-state index is -3.89. The van der Waals surface area contributed by atoms with Crippen LogP contribution in [0.5, 0.6) is 0 Å². The first-order valence-corrected chi connectivity index (χ1v) is 11.4. The van der Waals surface area contributed by atoms with E-state index >= 15 is 0 Å². The monoisotopic (exact) mass is 494 g/mol. The largest absolute Gasteiger partial charge is 0.456 e. The normalized spacial score (nSPS) is 10.8. The maximum absolute atomic E-state index is 12.8. The van der Waals surface area contributed by atoms with E-state index in [-0.39, 0.29) is 23.8 Å². The van der Waals surface area contributed by atoms with Gasteiger partial charge in [0.25, 0.3) is 5.91 Å². The zero-order valence-corrected chi connectivity index (χ0v) is 18.9. The van der Waals surface area contributed by atoms with Gasteiger partial charge >= 0.3 is 5.97 Å². The number of benzene rings is 2. The molecule has 34 heavy (non-hydrogen) atoms. The summed E-state index contributed by atoms with van der Waals surface area (Å²) in [5, 5.41) is 7.20. The van der Waals surface area contributed by atoms with Gasteiger partial charge in [-0.1, -0.05) is 0 Å². The predicted molar refractivity (Wildman–Crippen MR) is 120 cm³/mol. The molecule has 0 saturated heterocycles. The molecular weight excluding hydrogens is 471 g/mol. The molecule has 0 aliphatic carbocycles. The SMILES string of the molecule is CC(=O)Nc1ccc(S(=O)(=O)NCCC(=O)OCC(=O)NCC(=O)Nc2ccc(F)cc2)cc1. The number of sulfonamides is 1. The molecule has 0 fully saturated rings. The Labute approximate surface area is 195 Å². The lowest BCUT2D eigenvalue weighted by Crippen LogP contribution is -2.35. The number of halogens is 1. The van der Waals surface area contributed by atoms with Crippen molar-refractivity contribution in [2.24, 2.45) is 0 Å².